The molecule has 1 aromatic rings. The van der Waals surface area contributed by atoms with Crippen LogP contribution in [-0.2, 0) is 6.42 Å². The van der Waals surface area contributed by atoms with Crippen LogP contribution >= 0.6 is 0 Å². The van der Waals surface area contributed by atoms with Crippen molar-refractivity contribution in [1.82, 2.24) is 5.32 Å². The molecule has 108 valence electrons. The lowest BCUT2D eigenvalue weighted by atomic mass is 9.95. The lowest BCUT2D eigenvalue weighted by molar-refractivity contribution is 0.584. The molecule has 1 aromatic carbocycles. The Morgan fingerprint density at radius 1 is 0.842 bits per heavy atom. The maximum Gasteiger partial charge on any atom is -0.00489 e. The topological polar surface area (TPSA) is 12.0 Å². The Morgan fingerprint density at radius 2 is 1.47 bits per heavy atom. The van der Waals surface area contributed by atoms with Crippen LogP contribution in [0.2, 0.25) is 0 Å². The molecule has 0 aromatic heterocycles. The first-order chi connectivity index (χ1) is 9.15. The molecule has 0 spiro atoms. The average molecular weight is 261 g/mol. The Labute approximate surface area is 119 Å². The van der Waals surface area contributed by atoms with Gasteiger partial charge in [0.25, 0.3) is 0 Å². The number of hydrogen-bond acceptors (Lipinski definition) is 1. The van der Waals surface area contributed by atoms with E-state index in [4.69, 9.17) is 0 Å². The molecule has 0 fully saturated rings. The molecule has 0 saturated carbocycles. The van der Waals surface area contributed by atoms with Crippen molar-refractivity contribution < 1.29 is 0 Å². The Kier molecular flexibility index (Phi) is 7.81. The molecule has 1 N–H and O–H groups in total. The van der Waals surface area contributed by atoms with Gasteiger partial charge in [0.15, 0.2) is 0 Å². The van der Waals surface area contributed by atoms with Crippen LogP contribution in [0.15, 0.2) is 12.1 Å². The second kappa shape index (κ2) is 9.14. The predicted molar refractivity (Wildman–Crippen MR) is 86.0 cm³/mol. The first-order valence-electron chi connectivity index (χ1n) is 7.92. The summed E-state index contributed by atoms with van der Waals surface area (Å²) in [6, 6.07) is 4.63. The number of rotatable bonds is 9. The van der Waals surface area contributed by atoms with Crippen molar-refractivity contribution in [3.8, 4) is 0 Å². The quantitative estimate of drug-likeness (QED) is 0.635. The summed E-state index contributed by atoms with van der Waals surface area (Å²) in [5.41, 5.74) is 5.92. The Hall–Kier alpha value is -0.820. The number of nitrogens with one attached hydrogen (secondary N) is 1. The second-order valence-electron chi connectivity index (χ2n) is 5.79. The molecule has 1 nitrogen and oxygen atoms in total. The summed E-state index contributed by atoms with van der Waals surface area (Å²) < 4.78 is 0. The minimum absolute atomic E-state index is 1.17. The minimum Gasteiger partial charge on any atom is -0.317 e. The third kappa shape index (κ3) is 6.24. The zero-order valence-electron chi connectivity index (χ0n) is 13.3. The molecule has 0 amide bonds. The van der Waals surface area contributed by atoms with E-state index in [9.17, 15) is 0 Å². The molecule has 0 atom stereocenters. The van der Waals surface area contributed by atoms with E-state index < -0.39 is 0 Å². The molecule has 19 heavy (non-hydrogen) atoms. The fourth-order valence-corrected chi connectivity index (χ4v) is 2.81. The molecule has 0 saturated heterocycles. The third-order valence-electron chi connectivity index (χ3n) is 3.80. The van der Waals surface area contributed by atoms with E-state index in [0.29, 0.717) is 0 Å². The lowest BCUT2D eigenvalue weighted by Crippen LogP contribution is -2.15. The highest BCUT2D eigenvalue weighted by Crippen LogP contribution is 2.19. The van der Waals surface area contributed by atoms with Gasteiger partial charge in [-0.05, 0) is 76.2 Å². The Morgan fingerprint density at radius 3 is 2.11 bits per heavy atom. The van der Waals surface area contributed by atoms with E-state index in [0.717, 1.165) is 0 Å². The van der Waals surface area contributed by atoms with Crippen LogP contribution in [0.4, 0.5) is 0 Å². The van der Waals surface area contributed by atoms with E-state index in [1.807, 2.05) is 0 Å². The average Bonchev–Trinajstić information content (AvgIpc) is 2.35. The summed E-state index contributed by atoms with van der Waals surface area (Å²) >= 11 is 0. The molecular weight excluding hydrogens is 230 g/mol. The van der Waals surface area contributed by atoms with Crippen molar-refractivity contribution in [2.75, 3.05) is 13.1 Å². The normalized spacial score (nSPS) is 10.9. The zero-order chi connectivity index (χ0) is 14.1. The van der Waals surface area contributed by atoms with Gasteiger partial charge in [0.05, 0.1) is 0 Å². The van der Waals surface area contributed by atoms with Gasteiger partial charge in [-0.2, -0.15) is 0 Å². The monoisotopic (exact) mass is 261 g/mol. The van der Waals surface area contributed by atoms with Crippen molar-refractivity contribution >= 4 is 0 Å². The highest BCUT2D eigenvalue weighted by molar-refractivity contribution is 5.37. The third-order valence-corrected chi connectivity index (χ3v) is 3.80. The van der Waals surface area contributed by atoms with E-state index in [1.54, 1.807) is 5.56 Å². The van der Waals surface area contributed by atoms with Crippen LogP contribution in [0.3, 0.4) is 0 Å². The molecular formula is C18H31N. The van der Waals surface area contributed by atoms with Crippen molar-refractivity contribution in [3.63, 3.8) is 0 Å². The summed E-state index contributed by atoms with van der Waals surface area (Å²) in [5.74, 6) is 0. The standard InChI is InChI=1S/C18H31N/c1-5-11-19-12-9-7-6-8-10-18-16(3)13-15(2)14-17(18)4/h13-14,19H,5-12H2,1-4H3. The SMILES string of the molecule is CCCNCCCCCCc1c(C)cc(C)cc1C. The fourth-order valence-electron chi connectivity index (χ4n) is 2.81. The van der Waals surface area contributed by atoms with Gasteiger partial charge in [-0.1, -0.05) is 37.5 Å². The molecule has 0 unspecified atom stereocenters. The van der Waals surface area contributed by atoms with Crippen LogP contribution in [0.5, 0.6) is 0 Å². The summed E-state index contributed by atoms with van der Waals surface area (Å²) in [4.78, 5) is 0. The molecule has 0 aliphatic heterocycles. The summed E-state index contributed by atoms with van der Waals surface area (Å²) in [5, 5.41) is 3.47. The smallest absolute Gasteiger partial charge is 0.00489 e. The lowest BCUT2D eigenvalue weighted by Gasteiger charge is -2.11. The number of hydrogen-bond donors (Lipinski definition) is 1. The highest BCUT2D eigenvalue weighted by Gasteiger charge is 2.03. The summed E-state index contributed by atoms with van der Waals surface area (Å²) in [6.07, 6.45) is 7.87. The van der Waals surface area contributed by atoms with Crippen LogP contribution in [0, 0.1) is 20.8 Å². The molecule has 0 aliphatic carbocycles. The van der Waals surface area contributed by atoms with Crippen molar-refractivity contribution in [2.45, 2.75) is 66.2 Å². The van der Waals surface area contributed by atoms with Gasteiger partial charge in [0.2, 0.25) is 0 Å². The van der Waals surface area contributed by atoms with Crippen LogP contribution in [0.1, 0.15) is 61.3 Å². The van der Waals surface area contributed by atoms with E-state index in [2.05, 4.69) is 45.1 Å². The van der Waals surface area contributed by atoms with Gasteiger partial charge in [-0.15, -0.1) is 0 Å². The van der Waals surface area contributed by atoms with Gasteiger partial charge in [0, 0.05) is 0 Å². The first-order valence-corrected chi connectivity index (χ1v) is 7.92. The van der Waals surface area contributed by atoms with E-state index in [-0.39, 0.29) is 0 Å². The molecule has 0 aliphatic rings. The van der Waals surface area contributed by atoms with Crippen molar-refractivity contribution in [1.29, 1.82) is 0 Å². The largest absolute Gasteiger partial charge is 0.317 e. The number of unbranched alkanes of at least 4 members (excludes halogenated alkanes) is 3. The van der Waals surface area contributed by atoms with Gasteiger partial charge in [-0.25, -0.2) is 0 Å². The van der Waals surface area contributed by atoms with Crippen LogP contribution < -0.4 is 5.32 Å². The van der Waals surface area contributed by atoms with Crippen molar-refractivity contribution in [2.24, 2.45) is 0 Å². The number of benzene rings is 1. The van der Waals surface area contributed by atoms with Crippen LogP contribution in [-0.4, -0.2) is 13.1 Å². The molecule has 1 rings (SSSR count). The zero-order valence-corrected chi connectivity index (χ0v) is 13.3. The maximum absolute atomic E-state index is 3.47. The van der Waals surface area contributed by atoms with Gasteiger partial charge in [-0.3, -0.25) is 0 Å². The van der Waals surface area contributed by atoms with Gasteiger partial charge < -0.3 is 5.32 Å². The fraction of sp³-hybridized carbons (Fsp3) is 0.667. The molecule has 0 heterocycles. The summed E-state index contributed by atoms with van der Waals surface area (Å²) in [7, 11) is 0. The second-order valence-corrected chi connectivity index (χ2v) is 5.79. The Balaban J connectivity index is 2.19. The van der Waals surface area contributed by atoms with Crippen molar-refractivity contribution in [3.05, 3.63) is 34.4 Å². The summed E-state index contributed by atoms with van der Waals surface area (Å²) in [6.45, 7) is 11.3. The van der Waals surface area contributed by atoms with Crippen LogP contribution in [0.25, 0.3) is 0 Å². The highest BCUT2D eigenvalue weighted by atomic mass is 14.8. The molecule has 0 bridgehead atoms. The van der Waals surface area contributed by atoms with Gasteiger partial charge in [0.1, 0.15) is 0 Å². The minimum atomic E-state index is 1.17. The van der Waals surface area contributed by atoms with E-state index in [1.165, 1.54) is 68.3 Å². The molecule has 0 radical (unpaired) electrons. The first kappa shape index (κ1) is 16.2. The predicted octanol–water partition coefficient (Wildman–Crippen LogP) is 4.71. The van der Waals surface area contributed by atoms with Gasteiger partial charge >= 0.3 is 0 Å². The Bertz CT molecular complexity index is 345. The number of aryl methyl sites for hydroxylation is 3. The van der Waals surface area contributed by atoms with E-state index >= 15 is 0 Å². The maximum atomic E-state index is 3.47. The molecule has 1 heteroatoms.